The van der Waals surface area contributed by atoms with Crippen molar-refractivity contribution in [3.8, 4) is 0 Å². The maximum Gasteiger partial charge on any atom is 0.270 e. The first-order valence-electron chi connectivity index (χ1n) is 7.66. The standard InChI is InChI=1S/C18H21ClN2O/c1-18(14-7-4-3-5-8-14)9-6-10-21(13-18)17(22)16-11-15(19)12-20(16)2/h3-5,7-8,11-12H,6,9-10,13H2,1-2H3/t18-/m0/s1. The number of hydrogen-bond acceptors (Lipinski definition) is 1. The van der Waals surface area contributed by atoms with E-state index in [0.717, 1.165) is 25.9 Å². The smallest absolute Gasteiger partial charge is 0.270 e. The van der Waals surface area contributed by atoms with E-state index < -0.39 is 0 Å². The third kappa shape index (κ3) is 2.78. The lowest BCUT2D eigenvalue weighted by molar-refractivity contribution is 0.0641. The summed E-state index contributed by atoms with van der Waals surface area (Å²) in [5, 5.41) is 0.605. The number of halogens is 1. The summed E-state index contributed by atoms with van der Waals surface area (Å²) in [6.07, 6.45) is 3.90. The number of carbonyl (C=O) groups is 1. The van der Waals surface area contributed by atoms with E-state index in [9.17, 15) is 4.79 Å². The van der Waals surface area contributed by atoms with Gasteiger partial charge in [0.1, 0.15) is 5.69 Å². The summed E-state index contributed by atoms with van der Waals surface area (Å²) in [6.45, 7) is 3.81. The second-order valence-corrected chi connectivity index (χ2v) is 6.85. The molecule has 1 aromatic heterocycles. The van der Waals surface area contributed by atoms with Crippen molar-refractivity contribution >= 4 is 17.5 Å². The van der Waals surface area contributed by atoms with Crippen LogP contribution in [0.15, 0.2) is 42.6 Å². The van der Waals surface area contributed by atoms with E-state index in [1.807, 2.05) is 18.0 Å². The molecule has 2 heterocycles. The molecule has 0 unspecified atom stereocenters. The minimum absolute atomic E-state index is 0.0180. The summed E-state index contributed by atoms with van der Waals surface area (Å²) in [7, 11) is 1.86. The highest BCUT2D eigenvalue weighted by Crippen LogP contribution is 2.34. The number of nitrogens with zero attached hydrogens (tertiary/aromatic N) is 2. The predicted octanol–water partition coefficient (Wildman–Crippen LogP) is 3.87. The zero-order valence-electron chi connectivity index (χ0n) is 13.1. The number of rotatable bonds is 2. The number of benzene rings is 1. The van der Waals surface area contributed by atoms with Gasteiger partial charge >= 0.3 is 0 Å². The third-order valence-electron chi connectivity index (χ3n) is 4.65. The largest absolute Gasteiger partial charge is 0.345 e. The number of hydrogen-bond donors (Lipinski definition) is 0. The highest BCUT2D eigenvalue weighted by atomic mass is 35.5. The maximum absolute atomic E-state index is 12.8. The maximum atomic E-state index is 12.8. The summed E-state index contributed by atoms with van der Waals surface area (Å²) in [5.74, 6) is 0.0660. The molecule has 1 saturated heterocycles. The highest BCUT2D eigenvalue weighted by Gasteiger charge is 2.35. The predicted molar refractivity (Wildman–Crippen MR) is 89.4 cm³/mol. The van der Waals surface area contributed by atoms with E-state index in [2.05, 4.69) is 31.2 Å². The summed E-state index contributed by atoms with van der Waals surface area (Å²) in [4.78, 5) is 14.8. The third-order valence-corrected chi connectivity index (χ3v) is 4.85. The molecule has 1 atom stereocenters. The van der Waals surface area contributed by atoms with Crippen molar-refractivity contribution in [2.45, 2.75) is 25.2 Å². The number of aryl methyl sites for hydroxylation is 1. The first-order valence-corrected chi connectivity index (χ1v) is 8.04. The Bertz CT molecular complexity index is 680. The van der Waals surface area contributed by atoms with Gasteiger partial charge in [0.2, 0.25) is 0 Å². The number of piperidine rings is 1. The number of aromatic nitrogens is 1. The topological polar surface area (TPSA) is 25.2 Å². The number of amides is 1. The Morgan fingerprint density at radius 2 is 2.00 bits per heavy atom. The Morgan fingerprint density at radius 3 is 2.64 bits per heavy atom. The Balaban J connectivity index is 1.84. The average Bonchev–Trinajstić information content (AvgIpc) is 2.86. The van der Waals surface area contributed by atoms with Gasteiger partial charge in [0.15, 0.2) is 0 Å². The molecule has 0 aliphatic carbocycles. The van der Waals surface area contributed by atoms with Crippen molar-refractivity contribution in [3.63, 3.8) is 0 Å². The van der Waals surface area contributed by atoms with E-state index in [-0.39, 0.29) is 11.3 Å². The molecule has 0 saturated carbocycles. The van der Waals surface area contributed by atoms with Gasteiger partial charge < -0.3 is 9.47 Å². The summed E-state index contributed by atoms with van der Waals surface area (Å²) in [6, 6.07) is 12.2. The lowest BCUT2D eigenvalue weighted by atomic mass is 9.76. The number of carbonyl (C=O) groups excluding carboxylic acids is 1. The molecule has 0 N–H and O–H groups in total. The SMILES string of the molecule is Cn1cc(Cl)cc1C(=O)N1CCC[C@](C)(c2ccccc2)C1. The highest BCUT2D eigenvalue weighted by molar-refractivity contribution is 6.31. The zero-order valence-corrected chi connectivity index (χ0v) is 13.8. The molecule has 3 rings (SSSR count). The van der Waals surface area contributed by atoms with Crippen LogP contribution < -0.4 is 0 Å². The Labute approximate surface area is 136 Å². The molecule has 2 aromatic rings. The molecule has 0 spiro atoms. The molecule has 3 nitrogen and oxygen atoms in total. The van der Waals surface area contributed by atoms with E-state index >= 15 is 0 Å². The first kappa shape index (κ1) is 15.2. The van der Waals surface area contributed by atoms with Gasteiger partial charge in [-0.15, -0.1) is 0 Å². The molecule has 4 heteroatoms. The van der Waals surface area contributed by atoms with Crippen molar-refractivity contribution in [3.05, 3.63) is 58.9 Å². The monoisotopic (exact) mass is 316 g/mol. The number of likely N-dealkylation sites (tertiary alicyclic amines) is 1. The molecule has 116 valence electrons. The van der Waals surface area contributed by atoms with Gasteiger partial charge in [-0.3, -0.25) is 4.79 Å². The molecule has 0 radical (unpaired) electrons. The summed E-state index contributed by atoms with van der Waals surface area (Å²) in [5.41, 5.74) is 1.98. The van der Waals surface area contributed by atoms with Crippen LogP contribution in [0, 0.1) is 0 Å². The van der Waals surface area contributed by atoms with E-state index in [1.54, 1.807) is 16.8 Å². The van der Waals surface area contributed by atoms with Crippen LogP contribution in [0.25, 0.3) is 0 Å². The molecule has 1 aliphatic rings. The van der Waals surface area contributed by atoms with Crippen LogP contribution in [0.5, 0.6) is 0 Å². The van der Waals surface area contributed by atoms with E-state index in [0.29, 0.717) is 10.7 Å². The minimum Gasteiger partial charge on any atom is -0.345 e. The first-order chi connectivity index (χ1) is 10.5. The van der Waals surface area contributed by atoms with Gasteiger partial charge in [-0.2, -0.15) is 0 Å². The van der Waals surface area contributed by atoms with Crippen molar-refractivity contribution in [2.24, 2.45) is 7.05 Å². The second-order valence-electron chi connectivity index (χ2n) is 6.41. The van der Waals surface area contributed by atoms with Crippen molar-refractivity contribution in [1.82, 2.24) is 9.47 Å². The molecule has 0 bridgehead atoms. The van der Waals surface area contributed by atoms with Crippen LogP contribution in [0.4, 0.5) is 0 Å². The molecular weight excluding hydrogens is 296 g/mol. The van der Waals surface area contributed by atoms with E-state index in [1.165, 1.54) is 5.56 Å². The molecule has 1 aromatic carbocycles. The summed E-state index contributed by atoms with van der Waals surface area (Å²) >= 11 is 6.01. The van der Waals surface area contributed by atoms with Crippen LogP contribution in [0.2, 0.25) is 5.02 Å². The van der Waals surface area contributed by atoms with Crippen molar-refractivity contribution < 1.29 is 4.79 Å². The van der Waals surface area contributed by atoms with Crippen LogP contribution in [0.1, 0.15) is 35.8 Å². The molecule has 1 aliphatic heterocycles. The molecule has 22 heavy (non-hydrogen) atoms. The van der Waals surface area contributed by atoms with Crippen molar-refractivity contribution in [1.29, 1.82) is 0 Å². The van der Waals surface area contributed by atoms with Crippen LogP contribution >= 0.6 is 11.6 Å². The van der Waals surface area contributed by atoms with Gasteiger partial charge in [-0.1, -0.05) is 48.9 Å². The normalized spacial score (nSPS) is 21.9. The van der Waals surface area contributed by atoms with Gasteiger partial charge in [-0.25, -0.2) is 0 Å². The van der Waals surface area contributed by atoms with Gasteiger partial charge in [-0.05, 0) is 24.5 Å². The summed E-state index contributed by atoms with van der Waals surface area (Å²) < 4.78 is 1.80. The van der Waals surface area contributed by atoms with Crippen molar-refractivity contribution in [2.75, 3.05) is 13.1 Å². The molecular formula is C18H21ClN2O. The zero-order chi connectivity index (χ0) is 15.7. The quantitative estimate of drug-likeness (QED) is 0.825. The Kier molecular flexibility index (Phi) is 4.00. The lowest BCUT2D eigenvalue weighted by Crippen LogP contribution is -2.47. The van der Waals surface area contributed by atoms with Crippen LogP contribution in [-0.2, 0) is 12.5 Å². The van der Waals surface area contributed by atoms with Gasteiger partial charge in [0.05, 0.1) is 5.02 Å². The fourth-order valence-corrected chi connectivity index (χ4v) is 3.64. The second kappa shape index (κ2) is 5.81. The van der Waals surface area contributed by atoms with Gasteiger partial charge in [0, 0.05) is 31.7 Å². The van der Waals surface area contributed by atoms with Crippen LogP contribution in [-0.4, -0.2) is 28.5 Å². The Hall–Kier alpha value is -1.74. The lowest BCUT2D eigenvalue weighted by Gasteiger charge is -2.41. The minimum atomic E-state index is 0.0180. The molecule has 1 fully saturated rings. The fraction of sp³-hybridized carbons (Fsp3) is 0.389. The fourth-order valence-electron chi connectivity index (χ4n) is 3.39. The van der Waals surface area contributed by atoms with Crippen LogP contribution in [0.3, 0.4) is 0 Å². The Morgan fingerprint density at radius 1 is 1.27 bits per heavy atom. The van der Waals surface area contributed by atoms with Gasteiger partial charge in [0.25, 0.3) is 5.91 Å². The van der Waals surface area contributed by atoms with E-state index in [4.69, 9.17) is 11.6 Å². The average molecular weight is 317 g/mol. The molecule has 1 amide bonds.